The van der Waals surface area contributed by atoms with E-state index in [1.165, 1.54) is 31.2 Å². The second kappa shape index (κ2) is 11.1. The SMILES string of the molecule is CCNC(=NCC1CCC(c2ccccc2)CC1)NC1CCCn2nc(C)nc21.I. The summed E-state index contributed by atoms with van der Waals surface area (Å²) in [5, 5.41) is 11.6. The van der Waals surface area contributed by atoms with E-state index in [-0.39, 0.29) is 30.0 Å². The van der Waals surface area contributed by atoms with E-state index < -0.39 is 0 Å². The fourth-order valence-electron chi connectivity index (χ4n) is 4.71. The first-order valence-electron chi connectivity index (χ1n) is 11.2. The summed E-state index contributed by atoms with van der Waals surface area (Å²) in [4.78, 5) is 9.59. The molecule has 1 atom stereocenters. The molecule has 0 saturated heterocycles. The molecule has 1 fully saturated rings. The quantitative estimate of drug-likeness (QED) is 0.343. The van der Waals surface area contributed by atoms with Crippen LogP contribution in [-0.4, -0.2) is 33.8 Å². The van der Waals surface area contributed by atoms with Crippen molar-refractivity contribution in [1.29, 1.82) is 0 Å². The third-order valence-electron chi connectivity index (χ3n) is 6.26. The van der Waals surface area contributed by atoms with Crippen molar-refractivity contribution < 1.29 is 0 Å². The monoisotopic (exact) mass is 522 g/mol. The molecule has 1 saturated carbocycles. The molecule has 2 aliphatic rings. The van der Waals surface area contributed by atoms with Gasteiger partial charge in [-0.25, -0.2) is 9.67 Å². The Morgan fingerprint density at radius 1 is 1.13 bits per heavy atom. The summed E-state index contributed by atoms with van der Waals surface area (Å²) in [6.45, 7) is 6.82. The maximum Gasteiger partial charge on any atom is 0.191 e. The number of nitrogens with one attached hydrogen (secondary N) is 2. The first-order valence-corrected chi connectivity index (χ1v) is 11.2. The van der Waals surface area contributed by atoms with Crippen LogP contribution in [0.3, 0.4) is 0 Å². The molecule has 4 rings (SSSR count). The summed E-state index contributed by atoms with van der Waals surface area (Å²) in [7, 11) is 0. The minimum atomic E-state index is 0. The highest BCUT2D eigenvalue weighted by atomic mass is 127. The smallest absolute Gasteiger partial charge is 0.191 e. The van der Waals surface area contributed by atoms with Gasteiger partial charge in [-0.3, -0.25) is 4.99 Å². The average molecular weight is 522 g/mol. The normalized spacial score (nSPS) is 23.9. The number of aromatic nitrogens is 3. The lowest BCUT2D eigenvalue weighted by molar-refractivity contribution is 0.332. The van der Waals surface area contributed by atoms with Gasteiger partial charge in [0.2, 0.25) is 0 Å². The summed E-state index contributed by atoms with van der Waals surface area (Å²) in [6.07, 6.45) is 7.28. The van der Waals surface area contributed by atoms with Gasteiger partial charge >= 0.3 is 0 Å². The van der Waals surface area contributed by atoms with E-state index in [9.17, 15) is 0 Å². The number of benzene rings is 1. The Morgan fingerprint density at radius 2 is 1.90 bits per heavy atom. The van der Waals surface area contributed by atoms with Crippen LogP contribution < -0.4 is 10.6 Å². The number of hydrogen-bond acceptors (Lipinski definition) is 3. The molecule has 1 unspecified atom stereocenters. The van der Waals surface area contributed by atoms with Gasteiger partial charge < -0.3 is 10.6 Å². The van der Waals surface area contributed by atoms with E-state index in [1.54, 1.807) is 0 Å². The van der Waals surface area contributed by atoms with Gasteiger partial charge in [0, 0.05) is 19.6 Å². The van der Waals surface area contributed by atoms with Crippen molar-refractivity contribution in [1.82, 2.24) is 25.4 Å². The molecule has 1 aromatic carbocycles. The van der Waals surface area contributed by atoms with Crippen molar-refractivity contribution in [3.8, 4) is 0 Å². The molecule has 164 valence electrons. The lowest BCUT2D eigenvalue weighted by Gasteiger charge is -2.28. The number of aliphatic imine (C=N–C) groups is 1. The van der Waals surface area contributed by atoms with Gasteiger partial charge in [0.25, 0.3) is 0 Å². The summed E-state index contributed by atoms with van der Waals surface area (Å²) in [6, 6.07) is 11.2. The van der Waals surface area contributed by atoms with Crippen LogP contribution in [0.5, 0.6) is 0 Å². The van der Waals surface area contributed by atoms with Crippen LogP contribution in [-0.2, 0) is 6.54 Å². The number of rotatable bonds is 5. The number of aryl methyl sites for hydroxylation is 2. The Balaban J connectivity index is 0.00000256. The largest absolute Gasteiger partial charge is 0.357 e. The molecule has 1 aliphatic heterocycles. The molecule has 2 aromatic rings. The Kier molecular flexibility index (Phi) is 8.53. The predicted molar refractivity (Wildman–Crippen MR) is 132 cm³/mol. The molecule has 1 aliphatic carbocycles. The zero-order valence-electron chi connectivity index (χ0n) is 18.2. The zero-order chi connectivity index (χ0) is 20.1. The number of guanidine groups is 1. The van der Waals surface area contributed by atoms with Crippen LogP contribution in [0.1, 0.15) is 74.6 Å². The van der Waals surface area contributed by atoms with Gasteiger partial charge in [0.15, 0.2) is 5.96 Å². The van der Waals surface area contributed by atoms with Crippen LogP contribution >= 0.6 is 24.0 Å². The molecule has 0 bridgehead atoms. The molecule has 0 amide bonds. The number of nitrogens with zero attached hydrogens (tertiary/aromatic N) is 4. The van der Waals surface area contributed by atoms with Crippen LogP contribution in [0.2, 0.25) is 0 Å². The van der Waals surface area contributed by atoms with Crippen LogP contribution in [0.15, 0.2) is 35.3 Å². The van der Waals surface area contributed by atoms with Crippen molar-refractivity contribution in [2.45, 2.75) is 70.9 Å². The fourth-order valence-corrected chi connectivity index (χ4v) is 4.71. The second-order valence-corrected chi connectivity index (χ2v) is 8.43. The second-order valence-electron chi connectivity index (χ2n) is 8.43. The van der Waals surface area contributed by atoms with E-state index in [2.05, 4.69) is 58.0 Å². The fraction of sp³-hybridized carbons (Fsp3) is 0.609. The number of halogens is 1. The zero-order valence-corrected chi connectivity index (χ0v) is 20.5. The Hall–Kier alpha value is -1.64. The van der Waals surface area contributed by atoms with Crippen LogP contribution in [0.4, 0.5) is 0 Å². The first-order chi connectivity index (χ1) is 14.2. The van der Waals surface area contributed by atoms with Gasteiger partial charge in [-0.15, -0.1) is 24.0 Å². The highest BCUT2D eigenvalue weighted by molar-refractivity contribution is 14.0. The van der Waals surface area contributed by atoms with Gasteiger partial charge in [0.1, 0.15) is 11.6 Å². The molecule has 6 nitrogen and oxygen atoms in total. The molecule has 0 radical (unpaired) electrons. The van der Waals surface area contributed by atoms with Crippen molar-refractivity contribution in [3.05, 3.63) is 47.5 Å². The standard InChI is InChI=1S/C23H34N6.HI/c1-3-24-23(27-21-10-7-15-29-22(21)26-17(2)28-29)25-16-18-11-13-20(14-12-18)19-8-5-4-6-9-19;/h4-6,8-9,18,20-21H,3,7,10-16H2,1-2H3,(H2,24,25,27);1H. The highest BCUT2D eigenvalue weighted by Crippen LogP contribution is 2.35. The molecule has 2 N–H and O–H groups in total. The van der Waals surface area contributed by atoms with Crippen LogP contribution in [0.25, 0.3) is 0 Å². The first kappa shape index (κ1) is 23.0. The van der Waals surface area contributed by atoms with E-state index in [0.29, 0.717) is 5.92 Å². The topological polar surface area (TPSA) is 67.1 Å². The van der Waals surface area contributed by atoms with Gasteiger partial charge in [0.05, 0.1) is 6.04 Å². The third-order valence-corrected chi connectivity index (χ3v) is 6.26. The van der Waals surface area contributed by atoms with Crippen molar-refractivity contribution in [3.63, 3.8) is 0 Å². The van der Waals surface area contributed by atoms with Gasteiger partial charge in [-0.2, -0.15) is 5.10 Å². The Morgan fingerprint density at radius 3 is 2.63 bits per heavy atom. The number of fused-ring (bicyclic) bond motifs is 1. The lowest BCUT2D eigenvalue weighted by Crippen LogP contribution is -2.42. The Labute approximate surface area is 197 Å². The summed E-state index contributed by atoms with van der Waals surface area (Å²) >= 11 is 0. The molecule has 7 heteroatoms. The number of hydrogen-bond donors (Lipinski definition) is 2. The van der Waals surface area contributed by atoms with E-state index in [0.717, 1.165) is 56.0 Å². The highest BCUT2D eigenvalue weighted by Gasteiger charge is 2.25. The average Bonchev–Trinajstić information content (AvgIpc) is 3.14. The van der Waals surface area contributed by atoms with Crippen molar-refractivity contribution >= 4 is 29.9 Å². The minimum Gasteiger partial charge on any atom is -0.357 e. The molecule has 0 spiro atoms. The maximum atomic E-state index is 4.95. The van der Waals surface area contributed by atoms with E-state index in [4.69, 9.17) is 4.99 Å². The third kappa shape index (κ3) is 5.74. The lowest BCUT2D eigenvalue weighted by atomic mass is 9.79. The van der Waals surface area contributed by atoms with Crippen molar-refractivity contribution in [2.75, 3.05) is 13.1 Å². The van der Waals surface area contributed by atoms with E-state index in [1.807, 2.05) is 11.6 Å². The predicted octanol–water partition coefficient (Wildman–Crippen LogP) is 4.57. The summed E-state index contributed by atoms with van der Waals surface area (Å²) in [5.74, 6) is 4.22. The van der Waals surface area contributed by atoms with Gasteiger partial charge in [-0.1, -0.05) is 30.3 Å². The van der Waals surface area contributed by atoms with E-state index >= 15 is 0 Å². The summed E-state index contributed by atoms with van der Waals surface area (Å²) in [5.41, 5.74) is 1.50. The molecule has 2 heterocycles. The maximum absolute atomic E-state index is 4.95. The molecule has 1 aromatic heterocycles. The molecule has 30 heavy (non-hydrogen) atoms. The Bertz CT molecular complexity index is 810. The molecular weight excluding hydrogens is 487 g/mol. The van der Waals surface area contributed by atoms with Crippen molar-refractivity contribution in [2.24, 2.45) is 10.9 Å². The minimum absolute atomic E-state index is 0. The van der Waals surface area contributed by atoms with Gasteiger partial charge in [-0.05, 0) is 69.8 Å². The molecular formula is C23H35IN6. The van der Waals surface area contributed by atoms with Crippen LogP contribution in [0, 0.1) is 12.8 Å². The summed E-state index contributed by atoms with van der Waals surface area (Å²) < 4.78 is 2.05.